The number of fused-ring (bicyclic) bond motifs is 25. The smallest absolute Gasteiger partial charge is 0.252 e. The molecule has 4 saturated carbocycles. The number of rotatable bonds is 12. The maximum Gasteiger partial charge on any atom is 0.252 e. The van der Waals surface area contributed by atoms with Gasteiger partial charge in [0.25, 0.3) is 11.8 Å². The SMILES string of the molecule is C=C1NCc2c(c3c(N)ncnc3n2C(C)C)-c2ccccc21.CC(C)n1c2c(c3c(N)ncnc31)-c1ccc(C(=O)NCC3CC3)cc1C(=O)NC2.CC(C)n1c2c(c3c(N)ncnc31)-c1noc(C3CC3)c1[C@@H](O)CC2.CC(C)n1c2c(c3c(N)ncnc31)-c1noc(C3CC3)c1[C@H](O)CC2.COC1CCc2c(c3c(N)ncnc3n2C(C)C)-c2noc(C3CC3)c21. The number of ether oxygens (including phenoxy) is 1. The van der Waals surface area contributed by atoms with Crippen LogP contribution in [0.1, 0.15) is 295 Å². The van der Waals surface area contributed by atoms with Crippen LogP contribution < -0.4 is 44.6 Å². The number of anilines is 5. The third-order valence-electron chi connectivity index (χ3n) is 26.7. The van der Waals surface area contributed by atoms with Gasteiger partial charge in [0.2, 0.25) is 0 Å². The van der Waals surface area contributed by atoms with Crippen LogP contribution in [0.4, 0.5) is 29.1 Å². The molecule has 4 fully saturated rings. The van der Waals surface area contributed by atoms with Crippen molar-refractivity contribution in [3.05, 3.63) is 160 Å². The first-order valence-corrected chi connectivity index (χ1v) is 45.1. The van der Waals surface area contributed by atoms with E-state index in [9.17, 15) is 19.8 Å². The van der Waals surface area contributed by atoms with E-state index in [0.717, 1.165) is 226 Å². The fraction of sp³-hybridized carbons (Fsp3) is 0.421. The summed E-state index contributed by atoms with van der Waals surface area (Å²) < 4.78 is 34.0. The van der Waals surface area contributed by atoms with Crippen LogP contribution in [-0.2, 0) is 37.1 Å². The largest absolute Gasteiger partial charge is 0.388 e. The van der Waals surface area contributed by atoms with Gasteiger partial charge in [0, 0.05) is 140 Å². The lowest BCUT2D eigenvalue weighted by molar-refractivity contribution is 0.0946. The van der Waals surface area contributed by atoms with Crippen molar-refractivity contribution in [3.8, 4) is 56.0 Å². The molecule has 3 atom stereocenters. The third kappa shape index (κ3) is 14.2. The molecule has 9 aliphatic rings. The highest BCUT2D eigenvalue weighted by atomic mass is 16.5. The standard InChI is InChI=1S/C22H24N6O2.C19H23N5O2.2C18H21N5O2.C18H19N5/c1-11(2)28-16-9-25-22(30)15-7-13(21(29)24-8-12-3-4-12)5-6-14(15)17(16)18-19(23)26-10-27-20(18)28;1-9(2)24-11-6-7-12(25-3)14-16(23-26-17(14)10-4-5-10)13(11)15-18(20)21-8-22-19(15)24;2*1-8(2)23-10-5-6-11(24)13-15(22-25-16(13)9-3-4-9)12(10)14-17(19)20-7-21-18(14)23;1-10(2)23-14-8-20-11(3)12-6-4-5-7-13(12)15(14)16-17(19)21-9-22-18(16)23/h5-7,10-12H,3-4,8-9H2,1-2H3,(H,24,29)(H,25,30)(H2,23,26,27);8-10,12H,4-7H2,1-3H3,(H2,20,21,22);2*7-9,11,24H,3-6H2,1-2H3,(H2,19,20,21);4-7,9-10,20H,3,8H2,1-2H3,(H2,19,21,22)/t;;2*11-;/m..10./s1. The lowest BCUT2D eigenvalue weighted by atomic mass is 9.96. The van der Waals surface area contributed by atoms with Gasteiger partial charge in [0.05, 0.1) is 75.0 Å². The van der Waals surface area contributed by atoms with E-state index in [1.165, 1.54) is 55.9 Å². The number of nitrogen functional groups attached to an aromatic ring is 5. The molecule has 129 heavy (non-hydrogen) atoms. The lowest BCUT2D eigenvalue weighted by Crippen LogP contribution is -2.26. The number of aromatic nitrogens is 18. The second kappa shape index (κ2) is 32.7. The number of carbonyl (C=O) groups is 2. The molecular weight excluding hydrogens is 1630 g/mol. The quantitative estimate of drug-likeness (QED) is 0.0543. The number of nitrogens with zero attached hydrogens (tertiary/aromatic N) is 18. The number of nitrogens with two attached hydrogens (primary N) is 5. The minimum Gasteiger partial charge on any atom is -0.388 e. The molecule has 34 heteroatoms. The summed E-state index contributed by atoms with van der Waals surface area (Å²) in [6.45, 7) is 27.2. The molecule has 0 bridgehead atoms. The van der Waals surface area contributed by atoms with Crippen LogP contribution in [0.5, 0.6) is 0 Å². The Morgan fingerprint density at radius 2 is 0.798 bits per heavy atom. The first-order valence-electron chi connectivity index (χ1n) is 45.1. The van der Waals surface area contributed by atoms with Gasteiger partial charge in [-0.25, -0.2) is 49.8 Å². The van der Waals surface area contributed by atoms with Gasteiger partial charge in [-0.3, -0.25) is 9.59 Å². The number of aliphatic hydroxyl groups is 2. The van der Waals surface area contributed by atoms with E-state index in [2.05, 4.69) is 192 Å². The van der Waals surface area contributed by atoms with Gasteiger partial charge >= 0.3 is 0 Å². The lowest BCUT2D eigenvalue weighted by Gasteiger charge is -2.16. The second-order valence-corrected chi connectivity index (χ2v) is 36.8. The van der Waals surface area contributed by atoms with Crippen LogP contribution in [0.3, 0.4) is 0 Å². The minimum atomic E-state index is -0.564. The van der Waals surface area contributed by atoms with Crippen LogP contribution in [0.2, 0.25) is 0 Å². The summed E-state index contributed by atoms with van der Waals surface area (Å²) in [6.07, 6.45) is 19.9. The molecule has 2 aliphatic heterocycles. The first-order chi connectivity index (χ1) is 62.3. The van der Waals surface area contributed by atoms with Crippen molar-refractivity contribution in [2.24, 2.45) is 5.92 Å². The van der Waals surface area contributed by atoms with Gasteiger partial charge in [0.15, 0.2) is 0 Å². The van der Waals surface area contributed by atoms with Crippen LogP contribution >= 0.6 is 0 Å². The molecule has 0 radical (unpaired) electrons. The molecular formula is C95H108N26O8. The molecule has 2 amide bonds. The van der Waals surface area contributed by atoms with E-state index < -0.39 is 12.2 Å². The van der Waals surface area contributed by atoms with Crippen molar-refractivity contribution in [3.63, 3.8) is 0 Å². The number of carbonyl (C=O) groups excluding carboxylic acids is 2. The average Bonchev–Trinajstić information content (AvgIpc) is 1.56. The van der Waals surface area contributed by atoms with E-state index in [4.69, 9.17) is 47.0 Å². The molecule has 7 aliphatic carbocycles. The number of benzene rings is 2. The second-order valence-electron chi connectivity index (χ2n) is 36.8. The number of hydrogen-bond acceptors (Lipinski definition) is 27. The number of methoxy groups -OCH3 is 1. The van der Waals surface area contributed by atoms with Gasteiger partial charge in [0.1, 0.15) is 123 Å². The molecule has 15 heterocycles. The minimum absolute atomic E-state index is 0.0132. The molecule has 0 spiro atoms. The molecule has 666 valence electrons. The van der Waals surface area contributed by atoms with E-state index in [0.29, 0.717) is 108 Å². The number of amides is 2. The normalized spacial score (nSPS) is 17.7. The topological polar surface area (TPSA) is 482 Å². The average molecular weight is 1740 g/mol. The zero-order chi connectivity index (χ0) is 89.7. The Morgan fingerprint density at radius 3 is 1.18 bits per heavy atom. The van der Waals surface area contributed by atoms with Crippen molar-refractivity contribution in [1.82, 2.24) is 104 Å². The van der Waals surface area contributed by atoms with Gasteiger partial charge in [-0.15, -0.1) is 0 Å². The summed E-state index contributed by atoms with van der Waals surface area (Å²) in [7, 11) is 1.76. The first kappa shape index (κ1) is 83.7. The molecule has 13 aromatic heterocycles. The maximum atomic E-state index is 12.9. The van der Waals surface area contributed by atoms with Crippen molar-refractivity contribution in [2.45, 2.75) is 238 Å². The Hall–Kier alpha value is -13.5. The summed E-state index contributed by atoms with van der Waals surface area (Å²) in [5.41, 5.74) is 55.7. The van der Waals surface area contributed by atoms with Crippen LogP contribution in [0.15, 0.2) is 94.2 Å². The zero-order valence-electron chi connectivity index (χ0n) is 74.4. The monoisotopic (exact) mass is 1740 g/mol. The van der Waals surface area contributed by atoms with Crippen molar-refractivity contribution in [1.29, 1.82) is 0 Å². The fourth-order valence-electron chi connectivity index (χ4n) is 20.3. The Bertz CT molecular complexity index is 6850. The zero-order valence-corrected chi connectivity index (χ0v) is 74.4. The van der Waals surface area contributed by atoms with Gasteiger partial charge in [-0.2, -0.15) is 0 Å². The van der Waals surface area contributed by atoms with Crippen molar-refractivity contribution in [2.75, 3.05) is 42.3 Å². The summed E-state index contributed by atoms with van der Waals surface area (Å²) in [6, 6.07) is 14.6. The molecule has 15 N–H and O–H groups in total. The van der Waals surface area contributed by atoms with E-state index >= 15 is 0 Å². The maximum absolute atomic E-state index is 12.9. The highest BCUT2D eigenvalue weighted by Gasteiger charge is 2.44. The van der Waals surface area contributed by atoms with Crippen LogP contribution in [0, 0.1) is 5.92 Å². The summed E-state index contributed by atoms with van der Waals surface area (Å²) in [4.78, 5) is 69.1. The number of hydrogen-bond donors (Lipinski definition) is 10. The highest BCUT2D eigenvalue weighted by Crippen LogP contribution is 2.56. The van der Waals surface area contributed by atoms with E-state index in [1.807, 2.05) is 18.2 Å². The highest BCUT2D eigenvalue weighted by molar-refractivity contribution is 6.12. The summed E-state index contributed by atoms with van der Waals surface area (Å²) in [5.74, 6) is 6.41. The van der Waals surface area contributed by atoms with Gasteiger partial charge in [-0.1, -0.05) is 52.4 Å². The molecule has 1 unspecified atom stereocenters. The predicted octanol–water partition coefficient (Wildman–Crippen LogP) is 16.0. The number of aliphatic hydroxyl groups excluding tert-OH is 2. The Labute approximate surface area is 742 Å². The van der Waals surface area contributed by atoms with Crippen molar-refractivity contribution < 1.29 is 38.1 Å². The van der Waals surface area contributed by atoms with Crippen molar-refractivity contribution >= 4 is 102 Å². The molecule has 34 nitrogen and oxygen atoms in total. The number of nitrogens with one attached hydrogen (secondary N) is 3. The summed E-state index contributed by atoms with van der Waals surface area (Å²) >= 11 is 0. The van der Waals surface area contributed by atoms with Crippen LogP contribution in [-0.4, -0.2) is 124 Å². The third-order valence-corrected chi connectivity index (χ3v) is 26.7. The Morgan fingerprint density at radius 1 is 0.450 bits per heavy atom. The van der Waals surface area contributed by atoms with Gasteiger partial charge < -0.3 is 96.0 Å². The molecule has 0 saturated heterocycles. The van der Waals surface area contributed by atoms with E-state index in [1.54, 1.807) is 19.2 Å². The summed E-state index contributed by atoms with van der Waals surface area (Å²) in [5, 5.41) is 48.4. The molecule has 24 rings (SSSR count). The molecule has 15 aromatic rings. The Balaban J connectivity index is 0.000000101. The van der Waals surface area contributed by atoms with E-state index in [-0.39, 0.29) is 48.1 Å². The molecule has 2 aromatic carbocycles. The predicted molar refractivity (Wildman–Crippen MR) is 492 cm³/mol. The van der Waals surface area contributed by atoms with Crippen LogP contribution in [0.25, 0.3) is 117 Å². The van der Waals surface area contributed by atoms with Gasteiger partial charge in [-0.05, 0) is 188 Å². The Kier molecular flexibility index (Phi) is 21.2. The fourth-order valence-corrected chi connectivity index (χ4v) is 20.3.